The smallest absolute Gasteiger partial charge is 0.159 e. The van der Waals surface area contributed by atoms with Gasteiger partial charge in [0.1, 0.15) is 15.7 Å². The van der Waals surface area contributed by atoms with E-state index < -0.39 is 0 Å². The lowest BCUT2D eigenvalue weighted by atomic mass is 9.73. The molecule has 0 fully saturated rings. The van der Waals surface area contributed by atoms with Crippen molar-refractivity contribution in [2.24, 2.45) is 0 Å². The van der Waals surface area contributed by atoms with Crippen molar-refractivity contribution in [1.82, 2.24) is 0 Å². The van der Waals surface area contributed by atoms with Gasteiger partial charge in [-0.2, -0.15) is 0 Å². The number of benzene rings is 1. The molecule has 0 saturated heterocycles. The third-order valence-corrected chi connectivity index (χ3v) is 3.46. The van der Waals surface area contributed by atoms with Crippen molar-refractivity contribution in [3.8, 4) is 0 Å². The Bertz CT molecular complexity index is 462. The largest absolute Gasteiger partial charge is 0.295 e. The lowest BCUT2D eigenvalue weighted by Gasteiger charge is -2.20. The highest BCUT2D eigenvalue weighted by Crippen LogP contribution is 2.18. The van der Waals surface area contributed by atoms with Crippen LogP contribution in [-0.4, -0.2) is 21.5 Å². The fraction of sp³-hybridized carbons (Fsp3) is 0.357. The number of rotatable bonds is 4. The molecule has 88 valence electrons. The Morgan fingerprint density at radius 3 is 2.53 bits per heavy atom. The molecule has 0 N–H and O–H groups in total. The van der Waals surface area contributed by atoms with Gasteiger partial charge in [-0.25, -0.2) is 0 Å². The molecule has 1 aromatic carbocycles. The van der Waals surface area contributed by atoms with Gasteiger partial charge >= 0.3 is 0 Å². The van der Waals surface area contributed by atoms with E-state index >= 15 is 0 Å². The zero-order valence-corrected chi connectivity index (χ0v) is 11.6. The molecule has 1 nitrogen and oxygen atoms in total. The summed E-state index contributed by atoms with van der Waals surface area (Å²) in [6.45, 7) is 10.1. The first-order chi connectivity index (χ1) is 7.88. The molecule has 0 heterocycles. The van der Waals surface area contributed by atoms with Crippen molar-refractivity contribution in [1.29, 1.82) is 0 Å². The van der Waals surface area contributed by atoms with Crippen LogP contribution in [0.1, 0.15) is 36.5 Å². The number of carbonyl (C=O) groups excluding carboxylic acids is 1. The van der Waals surface area contributed by atoms with Gasteiger partial charge in [0.25, 0.3) is 0 Å². The van der Waals surface area contributed by atoms with Gasteiger partial charge < -0.3 is 0 Å². The van der Waals surface area contributed by atoms with E-state index in [9.17, 15) is 4.79 Å². The standard InChI is InChI=1S/C14H20B2O/c1-5-11(17)6-10-7-12(15)9(4)14(16)13(10)8(2)3/h5,7-8H,1,6,15-16H2,2-4H3. The van der Waals surface area contributed by atoms with Crippen LogP contribution in [0, 0.1) is 6.92 Å². The number of hydrogen-bond acceptors (Lipinski definition) is 1. The van der Waals surface area contributed by atoms with Crippen LogP contribution in [0.2, 0.25) is 0 Å². The van der Waals surface area contributed by atoms with Crippen molar-refractivity contribution < 1.29 is 4.79 Å². The van der Waals surface area contributed by atoms with E-state index in [0.717, 1.165) is 5.56 Å². The number of ketones is 1. The van der Waals surface area contributed by atoms with Crippen LogP contribution in [0.5, 0.6) is 0 Å². The van der Waals surface area contributed by atoms with Crippen molar-refractivity contribution in [2.45, 2.75) is 33.1 Å². The summed E-state index contributed by atoms with van der Waals surface area (Å²) in [7, 11) is 4.26. The number of hydrogen-bond donors (Lipinski definition) is 0. The highest BCUT2D eigenvalue weighted by Gasteiger charge is 2.14. The average Bonchev–Trinajstić information content (AvgIpc) is 2.25. The first-order valence-electron chi connectivity index (χ1n) is 6.13. The number of allylic oxidation sites excluding steroid dienone is 1. The van der Waals surface area contributed by atoms with E-state index in [4.69, 9.17) is 0 Å². The maximum atomic E-state index is 11.5. The van der Waals surface area contributed by atoms with Crippen LogP contribution in [0.15, 0.2) is 18.7 Å². The van der Waals surface area contributed by atoms with Crippen LogP contribution in [0.3, 0.4) is 0 Å². The van der Waals surface area contributed by atoms with E-state index in [1.54, 1.807) is 0 Å². The molecule has 1 aromatic rings. The predicted molar refractivity (Wildman–Crippen MR) is 80.5 cm³/mol. The zero-order chi connectivity index (χ0) is 13.2. The first-order valence-corrected chi connectivity index (χ1v) is 6.13. The molecule has 0 bridgehead atoms. The second kappa shape index (κ2) is 5.39. The Labute approximate surface area is 106 Å². The molecule has 0 saturated carbocycles. The van der Waals surface area contributed by atoms with Crippen LogP contribution in [0.25, 0.3) is 0 Å². The van der Waals surface area contributed by atoms with Gasteiger partial charge in [-0.1, -0.05) is 43.0 Å². The third kappa shape index (κ3) is 2.91. The Kier molecular flexibility index (Phi) is 4.39. The van der Waals surface area contributed by atoms with Gasteiger partial charge in [0, 0.05) is 6.42 Å². The Morgan fingerprint density at radius 2 is 2.06 bits per heavy atom. The van der Waals surface area contributed by atoms with Gasteiger partial charge in [0.05, 0.1) is 0 Å². The summed E-state index contributed by atoms with van der Waals surface area (Å²) in [5.74, 6) is 0.538. The van der Waals surface area contributed by atoms with Crippen LogP contribution in [0.4, 0.5) is 0 Å². The minimum Gasteiger partial charge on any atom is -0.295 e. The van der Waals surface area contributed by atoms with E-state index in [1.807, 2.05) is 0 Å². The maximum Gasteiger partial charge on any atom is 0.159 e. The predicted octanol–water partition coefficient (Wildman–Crippen LogP) is -0.0672. The number of carbonyl (C=O) groups is 1. The maximum absolute atomic E-state index is 11.5. The van der Waals surface area contributed by atoms with Crippen molar-refractivity contribution in [2.75, 3.05) is 0 Å². The van der Waals surface area contributed by atoms with Gasteiger partial charge in [0.15, 0.2) is 5.78 Å². The van der Waals surface area contributed by atoms with E-state index in [2.05, 4.69) is 49.1 Å². The summed E-state index contributed by atoms with van der Waals surface area (Å²) < 4.78 is 0. The Hall–Kier alpha value is -1.24. The van der Waals surface area contributed by atoms with Gasteiger partial charge in [-0.3, -0.25) is 4.79 Å². The quantitative estimate of drug-likeness (QED) is 0.518. The molecule has 0 aromatic heterocycles. The highest BCUT2D eigenvalue weighted by molar-refractivity contribution is 6.40. The molecule has 17 heavy (non-hydrogen) atoms. The summed E-state index contributed by atoms with van der Waals surface area (Å²) in [4.78, 5) is 11.5. The minimum atomic E-state index is 0.0922. The van der Waals surface area contributed by atoms with Crippen molar-refractivity contribution in [3.63, 3.8) is 0 Å². The van der Waals surface area contributed by atoms with Crippen LogP contribution >= 0.6 is 0 Å². The van der Waals surface area contributed by atoms with Gasteiger partial charge in [-0.05, 0) is 30.0 Å². The van der Waals surface area contributed by atoms with E-state index in [1.165, 1.54) is 28.1 Å². The molecular formula is C14H20B2O. The fourth-order valence-electron chi connectivity index (χ4n) is 2.40. The summed E-state index contributed by atoms with van der Waals surface area (Å²) in [5, 5.41) is 0. The summed E-state index contributed by atoms with van der Waals surface area (Å²) >= 11 is 0. The molecule has 0 aliphatic heterocycles. The molecule has 0 aliphatic rings. The Balaban J connectivity index is 3.37. The first kappa shape index (κ1) is 13.8. The molecule has 0 spiro atoms. The van der Waals surface area contributed by atoms with Crippen molar-refractivity contribution in [3.05, 3.63) is 35.4 Å². The normalized spacial score (nSPS) is 10.6. The SMILES string of the molecule is Bc1cc(CC(=O)C=C)c(C(C)C)c(B)c1C. The Morgan fingerprint density at radius 1 is 1.47 bits per heavy atom. The monoisotopic (exact) mass is 226 g/mol. The van der Waals surface area contributed by atoms with Crippen molar-refractivity contribution >= 4 is 32.4 Å². The van der Waals surface area contributed by atoms with Crippen LogP contribution < -0.4 is 10.9 Å². The third-order valence-electron chi connectivity index (χ3n) is 3.46. The topological polar surface area (TPSA) is 17.1 Å². The van der Waals surface area contributed by atoms with Gasteiger partial charge in [0.2, 0.25) is 0 Å². The highest BCUT2D eigenvalue weighted by atomic mass is 16.1. The second-order valence-corrected chi connectivity index (χ2v) is 5.02. The van der Waals surface area contributed by atoms with Crippen LogP contribution in [-0.2, 0) is 11.2 Å². The minimum absolute atomic E-state index is 0.0922. The zero-order valence-electron chi connectivity index (χ0n) is 11.6. The molecule has 3 heteroatoms. The summed E-state index contributed by atoms with van der Waals surface area (Å²) in [6, 6.07) is 2.15. The molecular weight excluding hydrogens is 206 g/mol. The van der Waals surface area contributed by atoms with Gasteiger partial charge in [-0.15, -0.1) is 0 Å². The lowest BCUT2D eigenvalue weighted by molar-refractivity contribution is -0.114. The molecule has 0 radical (unpaired) electrons. The second-order valence-electron chi connectivity index (χ2n) is 5.02. The lowest BCUT2D eigenvalue weighted by Crippen LogP contribution is -2.27. The van der Waals surface area contributed by atoms with E-state index in [0.29, 0.717) is 12.3 Å². The molecule has 0 aliphatic carbocycles. The molecule has 1 rings (SSSR count). The summed E-state index contributed by atoms with van der Waals surface area (Å²) in [6.07, 6.45) is 1.88. The molecule has 0 amide bonds. The fourth-order valence-corrected chi connectivity index (χ4v) is 2.40. The molecule has 0 atom stereocenters. The average molecular weight is 226 g/mol. The summed E-state index contributed by atoms with van der Waals surface area (Å²) in [5.41, 5.74) is 6.41. The molecule has 0 unspecified atom stereocenters. The van der Waals surface area contributed by atoms with E-state index in [-0.39, 0.29) is 5.78 Å².